The molecule has 84 valence electrons. The van der Waals surface area contributed by atoms with Crippen LogP contribution in [0, 0.1) is 0 Å². The van der Waals surface area contributed by atoms with Gasteiger partial charge in [-0.15, -0.1) is 0 Å². The molecule has 0 radical (unpaired) electrons. The summed E-state index contributed by atoms with van der Waals surface area (Å²) in [5, 5.41) is 0. The molecule has 0 spiro atoms. The first-order chi connectivity index (χ1) is 6.12. The summed E-state index contributed by atoms with van der Waals surface area (Å²) in [6, 6.07) is 0. The predicted molar refractivity (Wildman–Crippen MR) is 62.3 cm³/mol. The van der Waals surface area contributed by atoms with Crippen LogP contribution in [0.2, 0.25) is 0 Å². The Labute approximate surface area is 101 Å². The summed E-state index contributed by atoms with van der Waals surface area (Å²) in [7, 11) is 0. The SMILES string of the molecule is CC1(C)CCCC(C)(CC(Cl)(Cl)Cl)O1. The maximum atomic E-state index is 5.98. The minimum Gasteiger partial charge on any atom is -0.369 e. The molecule has 1 saturated heterocycles. The van der Waals surface area contributed by atoms with Gasteiger partial charge in [0.05, 0.1) is 11.2 Å². The molecule has 1 fully saturated rings. The fraction of sp³-hybridized carbons (Fsp3) is 1.00. The second kappa shape index (κ2) is 4.01. The smallest absolute Gasteiger partial charge is 0.193 e. The van der Waals surface area contributed by atoms with Crippen LogP contribution in [0.5, 0.6) is 0 Å². The second-order valence-electron chi connectivity index (χ2n) is 4.96. The van der Waals surface area contributed by atoms with E-state index in [1.165, 1.54) is 0 Å². The zero-order valence-electron chi connectivity index (χ0n) is 8.87. The normalized spacial score (nSPS) is 33.0. The predicted octanol–water partition coefficient (Wildman–Crippen LogP) is 4.48. The van der Waals surface area contributed by atoms with Gasteiger partial charge in [0.15, 0.2) is 3.79 Å². The van der Waals surface area contributed by atoms with E-state index in [-0.39, 0.29) is 11.2 Å². The minimum absolute atomic E-state index is 0.0943. The van der Waals surface area contributed by atoms with Gasteiger partial charge in [0.1, 0.15) is 0 Å². The van der Waals surface area contributed by atoms with E-state index in [4.69, 9.17) is 39.5 Å². The lowest BCUT2D eigenvalue weighted by Gasteiger charge is -2.44. The van der Waals surface area contributed by atoms with Crippen LogP contribution in [0.1, 0.15) is 46.5 Å². The Morgan fingerprint density at radius 1 is 1.14 bits per heavy atom. The maximum absolute atomic E-state index is 5.98. The molecule has 0 aliphatic carbocycles. The van der Waals surface area contributed by atoms with Crippen molar-refractivity contribution in [2.45, 2.75) is 61.4 Å². The lowest BCUT2D eigenvalue weighted by molar-refractivity contribution is -0.167. The minimum atomic E-state index is -1.22. The number of hydrogen-bond donors (Lipinski definition) is 0. The highest BCUT2D eigenvalue weighted by molar-refractivity contribution is 6.67. The molecule has 0 aromatic rings. The van der Waals surface area contributed by atoms with Gasteiger partial charge in [-0.3, -0.25) is 0 Å². The summed E-state index contributed by atoms with van der Waals surface area (Å²) in [5.74, 6) is 0. The number of rotatable bonds is 1. The largest absolute Gasteiger partial charge is 0.369 e. The van der Waals surface area contributed by atoms with Crippen molar-refractivity contribution in [1.29, 1.82) is 0 Å². The fourth-order valence-corrected chi connectivity index (χ4v) is 3.05. The summed E-state index contributed by atoms with van der Waals surface area (Å²) in [6.45, 7) is 6.20. The molecule has 0 N–H and O–H groups in total. The molecule has 4 heteroatoms. The van der Waals surface area contributed by atoms with Gasteiger partial charge < -0.3 is 4.74 Å². The highest BCUT2D eigenvalue weighted by atomic mass is 35.6. The Morgan fingerprint density at radius 3 is 2.14 bits per heavy atom. The van der Waals surface area contributed by atoms with E-state index in [9.17, 15) is 0 Å². The summed E-state index contributed by atoms with van der Waals surface area (Å²) in [4.78, 5) is 0. The summed E-state index contributed by atoms with van der Waals surface area (Å²) < 4.78 is 4.76. The number of hydrogen-bond acceptors (Lipinski definition) is 1. The molecular weight excluding hydrogens is 242 g/mol. The molecule has 0 amide bonds. The number of alkyl halides is 3. The van der Waals surface area contributed by atoms with Crippen molar-refractivity contribution in [3.8, 4) is 0 Å². The average Bonchev–Trinajstić information content (AvgIpc) is 1.75. The van der Waals surface area contributed by atoms with Gasteiger partial charge in [-0.05, 0) is 40.0 Å². The average molecular weight is 260 g/mol. The van der Waals surface area contributed by atoms with Crippen molar-refractivity contribution < 1.29 is 4.74 Å². The molecular formula is C10H17Cl3O. The molecule has 0 saturated carbocycles. The molecule has 0 bridgehead atoms. The van der Waals surface area contributed by atoms with Crippen molar-refractivity contribution in [1.82, 2.24) is 0 Å². The van der Waals surface area contributed by atoms with E-state index in [0.717, 1.165) is 19.3 Å². The first kappa shape index (κ1) is 12.9. The third-order valence-corrected chi connectivity index (χ3v) is 2.98. The van der Waals surface area contributed by atoms with E-state index >= 15 is 0 Å². The Morgan fingerprint density at radius 2 is 1.71 bits per heavy atom. The van der Waals surface area contributed by atoms with Crippen molar-refractivity contribution >= 4 is 34.8 Å². The topological polar surface area (TPSA) is 9.23 Å². The molecule has 0 aromatic carbocycles. The third kappa shape index (κ3) is 4.14. The Kier molecular flexibility index (Phi) is 3.69. The monoisotopic (exact) mass is 258 g/mol. The quantitative estimate of drug-likeness (QED) is 0.631. The van der Waals surface area contributed by atoms with Crippen LogP contribution in [0.15, 0.2) is 0 Å². The highest BCUT2D eigenvalue weighted by Crippen LogP contribution is 2.44. The highest BCUT2D eigenvalue weighted by Gasteiger charge is 2.41. The van der Waals surface area contributed by atoms with Gasteiger partial charge in [0.2, 0.25) is 0 Å². The van der Waals surface area contributed by atoms with Gasteiger partial charge in [-0.25, -0.2) is 0 Å². The van der Waals surface area contributed by atoms with Crippen LogP contribution in [-0.2, 0) is 4.74 Å². The van der Waals surface area contributed by atoms with E-state index in [2.05, 4.69) is 13.8 Å². The van der Waals surface area contributed by atoms with Crippen LogP contribution >= 0.6 is 34.8 Å². The molecule has 1 atom stereocenters. The van der Waals surface area contributed by atoms with Crippen molar-refractivity contribution in [3.63, 3.8) is 0 Å². The van der Waals surface area contributed by atoms with Gasteiger partial charge in [0.25, 0.3) is 0 Å². The Bertz CT molecular complexity index is 206. The Balaban J connectivity index is 2.65. The fourth-order valence-electron chi connectivity index (χ4n) is 2.21. The summed E-state index contributed by atoms with van der Waals surface area (Å²) >= 11 is 17.4. The van der Waals surface area contributed by atoms with Crippen LogP contribution < -0.4 is 0 Å². The summed E-state index contributed by atoms with van der Waals surface area (Å²) in [6.07, 6.45) is 3.62. The van der Waals surface area contributed by atoms with E-state index in [1.54, 1.807) is 0 Å². The van der Waals surface area contributed by atoms with Crippen LogP contribution in [0.25, 0.3) is 0 Å². The first-order valence-electron chi connectivity index (χ1n) is 4.89. The molecule has 1 heterocycles. The van der Waals surface area contributed by atoms with Gasteiger partial charge >= 0.3 is 0 Å². The van der Waals surface area contributed by atoms with E-state index in [1.807, 2.05) is 6.92 Å². The lowest BCUT2D eigenvalue weighted by atomic mass is 9.86. The number of halogens is 3. The second-order valence-corrected chi connectivity index (χ2v) is 7.47. The van der Waals surface area contributed by atoms with Crippen LogP contribution in [0.4, 0.5) is 0 Å². The zero-order chi connectivity index (χ0) is 11.0. The third-order valence-electron chi connectivity index (χ3n) is 2.58. The van der Waals surface area contributed by atoms with Gasteiger partial charge in [-0.2, -0.15) is 0 Å². The van der Waals surface area contributed by atoms with Crippen molar-refractivity contribution in [2.24, 2.45) is 0 Å². The lowest BCUT2D eigenvalue weighted by Crippen LogP contribution is -2.45. The summed E-state index contributed by atoms with van der Waals surface area (Å²) in [5.41, 5.74) is -0.393. The zero-order valence-corrected chi connectivity index (χ0v) is 11.1. The van der Waals surface area contributed by atoms with Crippen molar-refractivity contribution in [3.05, 3.63) is 0 Å². The molecule has 1 unspecified atom stereocenters. The van der Waals surface area contributed by atoms with Crippen molar-refractivity contribution in [2.75, 3.05) is 0 Å². The molecule has 1 rings (SSSR count). The van der Waals surface area contributed by atoms with Gasteiger partial charge in [0, 0.05) is 6.42 Å². The van der Waals surface area contributed by atoms with Crippen LogP contribution in [0.3, 0.4) is 0 Å². The maximum Gasteiger partial charge on any atom is 0.193 e. The van der Waals surface area contributed by atoms with E-state index < -0.39 is 3.79 Å². The molecule has 0 aromatic heterocycles. The van der Waals surface area contributed by atoms with E-state index in [0.29, 0.717) is 6.42 Å². The number of ether oxygens (including phenoxy) is 1. The molecule has 14 heavy (non-hydrogen) atoms. The van der Waals surface area contributed by atoms with Gasteiger partial charge in [-0.1, -0.05) is 34.8 Å². The first-order valence-corrected chi connectivity index (χ1v) is 6.02. The molecule has 1 aliphatic heterocycles. The Hall–Kier alpha value is 0.830. The molecule has 1 nitrogen and oxygen atoms in total. The molecule has 1 aliphatic rings. The standard InChI is InChI=1S/C10H17Cl3O/c1-8(2)5-4-6-9(3,14-8)7-10(11,12)13/h4-7H2,1-3H3. The van der Waals surface area contributed by atoms with Crippen LogP contribution in [-0.4, -0.2) is 15.0 Å².